The van der Waals surface area contributed by atoms with Gasteiger partial charge in [-0.15, -0.1) is 0 Å². The van der Waals surface area contributed by atoms with Gasteiger partial charge in [0.2, 0.25) is 10.0 Å². The molecule has 0 fully saturated rings. The maximum atomic E-state index is 13.9. The molecule has 0 amide bonds. The Bertz CT molecular complexity index is 679. The van der Waals surface area contributed by atoms with Gasteiger partial charge in [-0.05, 0) is 13.0 Å². The Balaban J connectivity index is 3.54. The van der Waals surface area contributed by atoms with Crippen molar-refractivity contribution < 1.29 is 27.4 Å². The molecule has 1 atom stereocenters. The summed E-state index contributed by atoms with van der Waals surface area (Å²) in [5, 5.41) is 17.7. The summed E-state index contributed by atoms with van der Waals surface area (Å²) in [6.45, 7) is 0.384. The summed E-state index contributed by atoms with van der Waals surface area (Å²) in [6.07, 6.45) is 0. The van der Waals surface area contributed by atoms with E-state index in [1.54, 1.807) is 0 Å². The predicted octanol–water partition coefficient (Wildman–Crippen LogP) is 0.310. The van der Waals surface area contributed by atoms with Crippen LogP contribution in [0.1, 0.15) is 12.5 Å². The molecule has 21 heavy (non-hydrogen) atoms. The van der Waals surface area contributed by atoms with E-state index >= 15 is 0 Å². The van der Waals surface area contributed by atoms with Crippen molar-refractivity contribution >= 4 is 10.0 Å². The Kier molecular flexibility index (Phi) is 5.80. The number of likely N-dealkylation sites (N-methyl/N-ethyl adjacent to an activating group) is 1. The first kappa shape index (κ1) is 17.5. The average molecular weight is 319 g/mol. The molecule has 0 aliphatic heterocycles. The van der Waals surface area contributed by atoms with Crippen molar-refractivity contribution in [3.63, 3.8) is 0 Å². The minimum Gasteiger partial charge on any atom is -0.395 e. The first-order chi connectivity index (χ1) is 9.75. The van der Waals surface area contributed by atoms with Gasteiger partial charge in [-0.1, -0.05) is 11.8 Å². The number of aliphatic hydroxyl groups is 2. The second-order valence-corrected chi connectivity index (χ2v) is 6.21. The first-order valence-corrected chi connectivity index (χ1v) is 7.37. The topological polar surface area (TPSA) is 77.8 Å². The van der Waals surface area contributed by atoms with Crippen LogP contribution in [0, 0.1) is 23.5 Å². The highest BCUT2D eigenvalue weighted by Crippen LogP contribution is 2.24. The Labute approximate surface area is 121 Å². The lowest BCUT2D eigenvalue weighted by Crippen LogP contribution is -2.38. The molecule has 116 valence electrons. The van der Waals surface area contributed by atoms with Gasteiger partial charge in [0.05, 0.1) is 12.2 Å². The largest absolute Gasteiger partial charge is 0.395 e. The second-order valence-electron chi connectivity index (χ2n) is 4.28. The number of rotatable bonds is 4. The molecule has 0 heterocycles. The molecule has 1 aromatic rings. The molecule has 1 rings (SSSR count). The van der Waals surface area contributed by atoms with E-state index in [1.165, 1.54) is 14.0 Å². The lowest BCUT2D eigenvalue weighted by Gasteiger charge is -2.23. The van der Waals surface area contributed by atoms with Crippen LogP contribution in [0.5, 0.6) is 0 Å². The molecule has 0 spiro atoms. The standard InChI is InChI=1S/C13H15F2NO4S/c1-9(8-18)16(2)21(19,20)13-10(4-3-5-17)6-11(14)7-12(13)15/h6-7,9,17-18H,5,8H2,1-2H3. The maximum Gasteiger partial charge on any atom is 0.247 e. The van der Waals surface area contributed by atoms with Gasteiger partial charge in [0.25, 0.3) is 0 Å². The van der Waals surface area contributed by atoms with Gasteiger partial charge >= 0.3 is 0 Å². The van der Waals surface area contributed by atoms with Crippen LogP contribution in [-0.2, 0) is 10.0 Å². The van der Waals surface area contributed by atoms with E-state index in [4.69, 9.17) is 10.2 Å². The van der Waals surface area contributed by atoms with Crippen molar-refractivity contribution in [2.75, 3.05) is 20.3 Å². The molecule has 1 aromatic carbocycles. The van der Waals surface area contributed by atoms with Gasteiger partial charge in [0, 0.05) is 19.2 Å². The van der Waals surface area contributed by atoms with E-state index in [0.717, 1.165) is 10.4 Å². The summed E-state index contributed by atoms with van der Waals surface area (Å²) >= 11 is 0. The molecule has 0 saturated heterocycles. The number of sulfonamides is 1. The van der Waals surface area contributed by atoms with Crippen molar-refractivity contribution in [1.82, 2.24) is 4.31 Å². The average Bonchev–Trinajstić information content (AvgIpc) is 2.42. The number of hydrogen-bond acceptors (Lipinski definition) is 4. The third-order valence-electron chi connectivity index (χ3n) is 2.83. The quantitative estimate of drug-likeness (QED) is 0.783. The number of benzene rings is 1. The monoisotopic (exact) mass is 319 g/mol. The van der Waals surface area contributed by atoms with E-state index in [-0.39, 0.29) is 0 Å². The lowest BCUT2D eigenvalue weighted by atomic mass is 10.2. The van der Waals surface area contributed by atoms with Crippen molar-refractivity contribution in [1.29, 1.82) is 0 Å². The SMILES string of the molecule is CC(CO)N(C)S(=O)(=O)c1c(F)cc(F)cc1C#CCO. The van der Waals surface area contributed by atoms with Gasteiger partial charge in [-0.3, -0.25) is 0 Å². The molecule has 1 unspecified atom stereocenters. The summed E-state index contributed by atoms with van der Waals surface area (Å²) in [5.74, 6) is 2.10. The fraction of sp³-hybridized carbons (Fsp3) is 0.385. The van der Waals surface area contributed by atoms with Crippen LogP contribution in [0.3, 0.4) is 0 Å². The summed E-state index contributed by atoms with van der Waals surface area (Å²) in [7, 11) is -3.14. The van der Waals surface area contributed by atoms with Crippen LogP contribution in [0.25, 0.3) is 0 Å². The number of nitrogens with zero attached hydrogens (tertiary/aromatic N) is 1. The third kappa shape index (κ3) is 3.77. The predicted molar refractivity (Wildman–Crippen MR) is 71.8 cm³/mol. The number of aliphatic hydroxyl groups excluding tert-OH is 2. The Hall–Kier alpha value is -1.53. The van der Waals surface area contributed by atoms with Crippen molar-refractivity contribution in [2.24, 2.45) is 0 Å². The molecule has 0 saturated carbocycles. The zero-order valence-corrected chi connectivity index (χ0v) is 12.3. The van der Waals surface area contributed by atoms with Gasteiger partial charge in [0.15, 0.2) is 0 Å². The van der Waals surface area contributed by atoms with E-state index < -0.39 is 51.4 Å². The second kappa shape index (κ2) is 6.95. The molecule has 0 aliphatic rings. The highest BCUT2D eigenvalue weighted by Gasteiger charge is 2.30. The van der Waals surface area contributed by atoms with E-state index in [2.05, 4.69) is 11.8 Å². The molecule has 8 heteroatoms. The Morgan fingerprint density at radius 2 is 1.95 bits per heavy atom. The van der Waals surface area contributed by atoms with Crippen LogP contribution in [0.15, 0.2) is 17.0 Å². The molecule has 0 aliphatic carbocycles. The van der Waals surface area contributed by atoms with Gasteiger partial charge in [-0.2, -0.15) is 4.31 Å². The van der Waals surface area contributed by atoms with E-state index in [1.807, 2.05) is 0 Å². The van der Waals surface area contributed by atoms with E-state index in [0.29, 0.717) is 6.07 Å². The van der Waals surface area contributed by atoms with Crippen LogP contribution < -0.4 is 0 Å². The number of hydrogen-bond donors (Lipinski definition) is 2. The molecule has 0 aromatic heterocycles. The van der Waals surface area contributed by atoms with Crippen LogP contribution in [-0.4, -0.2) is 49.2 Å². The van der Waals surface area contributed by atoms with Gasteiger partial charge < -0.3 is 10.2 Å². The van der Waals surface area contributed by atoms with Crippen LogP contribution in [0.2, 0.25) is 0 Å². The number of halogens is 2. The maximum absolute atomic E-state index is 13.9. The smallest absolute Gasteiger partial charge is 0.247 e. The zero-order valence-electron chi connectivity index (χ0n) is 11.5. The summed E-state index contributed by atoms with van der Waals surface area (Å²) in [4.78, 5) is -0.785. The van der Waals surface area contributed by atoms with Crippen LogP contribution in [0.4, 0.5) is 8.78 Å². The van der Waals surface area contributed by atoms with Gasteiger partial charge in [-0.25, -0.2) is 17.2 Å². The fourth-order valence-electron chi connectivity index (χ4n) is 1.55. The summed E-state index contributed by atoms with van der Waals surface area (Å²) < 4.78 is 52.7. The highest BCUT2D eigenvalue weighted by atomic mass is 32.2. The van der Waals surface area contributed by atoms with Crippen molar-refractivity contribution in [3.8, 4) is 11.8 Å². The summed E-state index contributed by atoms with van der Waals surface area (Å²) in [5.41, 5.74) is -0.390. The molecular formula is C13H15F2NO4S. The highest BCUT2D eigenvalue weighted by molar-refractivity contribution is 7.89. The minimum atomic E-state index is -4.31. The third-order valence-corrected chi connectivity index (χ3v) is 4.88. The van der Waals surface area contributed by atoms with Gasteiger partial charge in [0.1, 0.15) is 23.1 Å². The van der Waals surface area contributed by atoms with E-state index in [9.17, 15) is 17.2 Å². The minimum absolute atomic E-state index is 0.390. The van der Waals surface area contributed by atoms with Crippen LogP contribution >= 0.6 is 0 Å². The summed E-state index contributed by atoms with van der Waals surface area (Å²) in [6, 6.07) is 0.419. The normalized spacial score (nSPS) is 12.9. The zero-order chi connectivity index (χ0) is 16.2. The molecule has 0 bridgehead atoms. The molecular weight excluding hydrogens is 304 g/mol. The fourth-order valence-corrected chi connectivity index (χ4v) is 3.07. The Morgan fingerprint density at radius 3 is 2.48 bits per heavy atom. The lowest BCUT2D eigenvalue weighted by molar-refractivity contribution is 0.213. The van der Waals surface area contributed by atoms with Crippen molar-refractivity contribution in [2.45, 2.75) is 17.9 Å². The molecule has 0 radical (unpaired) electrons. The first-order valence-electron chi connectivity index (χ1n) is 5.93. The molecule has 5 nitrogen and oxygen atoms in total. The Morgan fingerprint density at radius 1 is 1.33 bits per heavy atom. The molecule has 2 N–H and O–H groups in total. The van der Waals surface area contributed by atoms with Crippen molar-refractivity contribution in [3.05, 3.63) is 29.3 Å².